The minimum atomic E-state index is 0.124. The first-order valence-corrected chi connectivity index (χ1v) is 16.5. The molecule has 0 saturated carbocycles. The summed E-state index contributed by atoms with van der Waals surface area (Å²) in [5.74, 6) is 0.269. The molecule has 2 aromatic heterocycles. The molecule has 2 unspecified atom stereocenters. The summed E-state index contributed by atoms with van der Waals surface area (Å²) in [6.45, 7) is 0. The van der Waals surface area contributed by atoms with Crippen LogP contribution in [0.5, 0.6) is 0 Å². The van der Waals surface area contributed by atoms with Crippen LogP contribution < -0.4 is 10.2 Å². The summed E-state index contributed by atoms with van der Waals surface area (Å²) in [5.41, 5.74) is 8.97. The molecule has 3 nitrogen and oxygen atoms in total. The van der Waals surface area contributed by atoms with E-state index in [0.717, 1.165) is 6.42 Å². The van der Waals surface area contributed by atoms with Gasteiger partial charge in [-0.15, -0.1) is 11.3 Å². The van der Waals surface area contributed by atoms with Gasteiger partial charge >= 0.3 is 0 Å². The summed E-state index contributed by atoms with van der Waals surface area (Å²) in [5, 5.41) is 10.3. The summed E-state index contributed by atoms with van der Waals surface area (Å²) < 4.78 is 5.24. The number of allylic oxidation sites excluding steroid dienone is 5. The van der Waals surface area contributed by atoms with E-state index in [-0.39, 0.29) is 12.0 Å². The fourth-order valence-corrected chi connectivity index (χ4v) is 8.82. The molecule has 0 spiro atoms. The van der Waals surface area contributed by atoms with Crippen LogP contribution in [0.25, 0.3) is 47.5 Å². The minimum absolute atomic E-state index is 0.124. The van der Waals surface area contributed by atoms with E-state index in [0.29, 0.717) is 0 Å². The first kappa shape index (κ1) is 25.1. The van der Waals surface area contributed by atoms with E-state index in [1.165, 1.54) is 75.9 Å². The number of benzene rings is 5. The molecule has 0 fully saturated rings. The maximum atomic E-state index is 3.75. The van der Waals surface area contributed by atoms with Gasteiger partial charge in [-0.2, -0.15) is 0 Å². The quantitative estimate of drug-likeness (QED) is 0.219. The highest BCUT2D eigenvalue weighted by Gasteiger charge is 2.41. The lowest BCUT2D eigenvalue weighted by Gasteiger charge is -2.29. The van der Waals surface area contributed by atoms with Crippen LogP contribution in [-0.2, 0) is 0 Å². The number of para-hydroxylation sites is 1. The third-order valence-corrected chi connectivity index (χ3v) is 10.8. The molecule has 5 aromatic carbocycles. The molecule has 0 saturated heterocycles. The smallest absolute Gasteiger partial charge is 0.0759 e. The van der Waals surface area contributed by atoms with Gasteiger partial charge in [0.25, 0.3) is 0 Å². The molecule has 4 heteroatoms. The molecule has 10 rings (SSSR count). The molecule has 1 N–H and O–H groups in total. The third-order valence-electron chi connectivity index (χ3n) is 9.70. The van der Waals surface area contributed by atoms with Gasteiger partial charge in [0.2, 0.25) is 0 Å². The van der Waals surface area contributed by atoms with E-state index < -0.39 is 0 Å². The predicted octanol–water partition coefficient (Wildman–Crippen LogP) is 10.6. The number of hydrogen-bond donors (Lipinski definition) is 1. The Balaban J connectivity index is 1.18. The van der Waals surface area contributed by atoms with Crippen LogP contribution in [-0.4, -0.2) is 4.57 Å². The number of nitrogens with one attached hydrogen (secondary N) is 1. The van der Waals surface area contributed by atoms with Crippen LogP contribution in [0.15, 0.2) is 157 Å². The van der Waals surface area contributed by atoms with Crippen molar-refractivity contribution in [3.8, 4) is 5.69 Å². The average molecular weight is 596 g/mol. The molecule has 3 aliphatic rings. The third kappa shape index (κ3) is 3.63. The Labute approximate surface area is 265 Å². The van der Waals surface area contributed by atoms with Gasteiger partial charge in [-0.1, -0.05) is 91.0 Å². The number of nitrogens with zero attached hydrogens (tertiary/aromatic N) is 2. The van der Waals surface area contributed by atoms with Crippen molar-refractivity contribution in [2.45, 2.75) is 18.4 Å². The maximum absolute atomic E-state index is 3.75. The van der Waals surface area contributed by atoms with E-state index in [9.17, 15) is 0 Å². The largest absolute Gasteiger partial charge is 0.379 e. The number of hydrogen-bond acceptors (Lipinski definition) is 3. The Morgan fingerprint density at radius 2 is 1.60 bits per heavy atom. The molecule has 4 heterocycles. The zero-order chi connectivity index (χ0) is 29.5. The molecular weight excluding hydrogens is 567 g/mol. The van der Waals surface area contributed by atoms with E-state index in [1.807, 2.05) is 11.3 Å². The van der Waals surface area contributed by atoms with Crippen molar-refractivity contribution in [2.75, 3.05) is 4.90 Å². The fraction of sp³-hybridized carbons (Fsp3) is 0.0732. The average Bonchev–Trinajstić information content (AvgIpc) is 3.76. The Morgan fingerprint density at radius 3 is 2.49 bits per heavy atom. The molecule has 214 valence electrons. The zero-order valence-electron chi connectivity index (χ0n) is 24.5. The maximum Gasteiger partial charge on any atom is 0.0759 e. The molecule has 0 radical (unpaired) electrons. The molecule has 2 aliphatic heterocycles. The number of anilines is 1. The lowest BCUT2D eigenvalue weighted by atomic mass is 9.95. The fourth-order valence-electron chi connectivity index (χ4n) is 7.72. The van der Waals surface area contributed by atoms with Gasteiger partial charge in [0.15, 0.2) is 0 Å². The molecule has 0 amide bonds. The van der Waals surface area contributed by atoms with Gasteiger partial charge in [-0.3, -0.25) is 0 Å². The summed E-state index contributed by atoms with van der Waals surface area (Å²) in [4.78, 5) is 2.52. The normalized spacial score (nSPS) is 18.8. The van der Waals surface area contributed by atoms with E-state index in [1.54, 1.807) is 0 Å². The number of thiophene rings is 1. The van der Waals surface area contributed by atoms with Crippen LogP contribution in [0.1, 0.15) is 29.6 Å². The highest BCUT2D eigenvalue weighted by molar-refractivity contribution is 7.26. The molecule has 1 aliphatic carbocycles. The topological polar surface area (TPSA) is 20.2 Å². The second-order valence-corrected chi connectivity index (χ2v) is 13.2. The van der Waals surface area contributed by atoms with Gasteiger partial charge in [0.1, 0.15) is 0 Å². The summed E-state index contributed by atoms with van der Waals surface area (Å²) >= 11 is 1.89. The SMILES string of the molecule is C1=CCC2C(=C1)N(C1=CNC(c3ccc4ccccc4c3)C=C1)c1c2n(-c2ccccc2)c2c1ccc1sc3ccccc3c12. The van der Waals surface area contributed by atoms with Crippen molar-refractivity contribution in [1.29, 1.82) is 0 Å². The molecule has 2 atom stereocenters. The van der Waals surface area contributed by atoms with E-state index in [2.05, 4.69) is 161 Å². The Morgan fingerprint density at radius 1 is 0.756 bits per heavy atom. The molecule has 7 aromatic rings. The standard InChI is InChI=1S/C41H29N3S/c1-2-12-29(13-3-1)44-39-33(21-23-37-38(39)32-15-7-9-17-36(32)45-37)41-40(44)31-14-6-8-16-35(31)43(41)30-20-22-34(42-25-30)28-19-18-26-10-4-5-11-27(26)24-28/h1-13,15-25,31,34,42H,14H2. The van der Waals surface area contributed by atoms with Gasteiger partial charge in [-0.25, -0.2) is 0 Å². The van der Waals surface area contributed by atoms with Crippen molar-refractivity contribution in [1.82, 2.24) is 9.88 Å². The zero-order valence-corrected chi connectivity index (χ0v) is 25.3. The summed E-state index contributed by atoms with van der Waals surface area (Å²) in [7, 11) is 0. The monoisotopic (exact) mass is 595 g/mol. The first-order valence-electron chi connectivity index (χ1n) is 15.7. The lowest BCUT2D eigenvalue weighted by Crippen LogP contribution is -2.25. The van der Waals surface area contributed by atoms with Crippen LogP contribution in [0.3, 0.4) is 0 Å². The number of aromatic nitrogens is 1. The van der Waals surface area contributed by atoms with Crippen molar-refractivity contribution in [3.05, 3.63) is 168 Å². The second-order valence-electron chi connectivity index (χ2n) is 12.2. The van der Waals surface area contributed by atoms with Crippen molar-refractivity contribution >= 4 is 58.9 Å². The van der Waals surface area contributed by atoms with Gasteiger partial charge in [0, 0.05) is 49.1 Å². The van der Waals surface area contributed by atoms with Crippen LogP contribution in [0.4, 0.5) is 5.69 Å². The van der Waals surface area contributed by atoms with E-state index in [4.69, 9.17) is 0 Å². The highest BCUT2D eigenvalue weighted by Crippen LogP contribution is 2.56. The Hall–Kier alpha value is -5.32. The highest BCUT2D eigenvalue weighted by atomic mass is 32.1. The first-order chi connectivity index (χ1) is 22.3. The number of dihydropyridines is 1. The van der Waals surface area contributed by atoms with Crippen LogP contribution in [0.2, 0.25) is 0 Å². The van der Waals surface area contributed by atoms with Gasteiger partial charge < -0.3 is 14.8 Å². The number of fused-ring (bicyclic) bond motifs is 10. The van der Waals surface area contributed by atoms with E-state index >= 15 is 0 Å². The summed E-state index contributed by atoms with van der Waals surface area (Å²) in [6, 6.07) is 40.0. The van der Waals surface area contributed by atoms with Gasteiger partial charge in [-0.05, 0) is 71.3 Å². The number of rotatable bonds is 3. The van der Waals surface area contributed by atoms with Crippen LogP contribution in [0, 0.1) is 0 Å². The Kier molecular flexibility index (Phi) is 5.34. The second kappa shape index (κ2) is 9.59. The van der Waals surface area contributed by atoms with Crippen molar-refractivity contribution in [3.63, 3.8) is 0 Å². The predicted molar refractivity (Wildman–Crippen MR) is 190 cm³/mol. The molecular formula is C41H29N3S. The Bertz CT molecular complexity index is 2450. The lowest BCUT2D eigenvalue weighted by molar-refractivity contribution is 0.730. The molecule has 0 bridgehead atoms. The van der Waals surface area contributed by atoms with Crippen molar-refractivity contribution < 1.29 is 0 Å². The minimum Gasteiger partial charge on any atom is -0.379 e. The van der Waals surface area contributed by atoms with Crippen LogP contribution >= 0.6 is 11.3 Å². The van der Waals surface area contributed by atoms with Crippen molar-refractivity contribution in [2.24, 2.45) is 0 Å². The summed E-state index contributed by atoms with van der Waals surface area (Å²) in [6.07, 6.45) is 14.7. The van der Waals surface area contributed by atoms with Gasteiger partial charge in [0.05, 0.1) is 28.6 Å². The molecule has 45 heavy (non-hydrogen) atoms.